The van der Waals surface area contributed by atoms with Crippen molar-refractivity contribution < 1.29 is 9.53 Å². The van der Waals surface area contributed by atoms with E-state index in [1.165, 1.54) is 0 Å². The Bertz CT molecular complexity index is 453. The van der Waals surface area contributed by atoms with Crippen LogP contribution < -0.4 is 20.7 Å². The fourth-order valence-electron chi connectivity index (χ4n) is 2.47. The van der Waals surface area contributed by atoms with E-state index in [9.17, 15) is 4.79 Å². The molecule has 0 saturated carbocycles. The molecule has 110 valence electrons. The fraction of sp³-hybridized carbons (Fsp3) is 0.571. The van der Waals surface area contributed by atoms with Gasteiger partial charge in [0.1, 0.15) is 0 Å². The number of pyridine rings is 1. The third-order valence-electron chi connectivity index (χ3n) is 3.53. The lowest BCUT2D eigenvalue weighted by atomic mass is 9.96. The normalized spacial score (nSPS) is 18.7. The SMILES string of the molecule is COc1cc(N2CCCC(C(=O)NCCN)C2)ccn1. The van der Waals surface area contributed by atoms with Crippen molar-refractivity contribution in [2.45, 2.75) is 12.8 Å². The van der Waals surface area contributed by atoms with E-state index in [-0.39, 0.29) is 11.8 Å². The third kappa shape index (κ3) is 3.60. The zero-order valence-corrected chi connectivity index (χ0v) is 11.8. The number of hydrogen-bond acceptors (Lipinski definition) is 5. The molecule has 0 spiro atoms. The van der Waals surface area contributed by atoms with Crippen LogP contribution in [0.25, 0.3) is 0 Å². The van der Waals surface area contributed by atoms with Gasteiger partial charge in [-0.15, -0.1) is 0 Å². The summed E-state index contributed by atoms with van der Waals surface area (Å²) in [5.74, 6) is 0.716. The fourth-order valence-corrected chi connectivity index (χ4v) is 2.47. The van der Waals surface area contributed by atoms with Gasteiger partial charge < -0.3 is 20.7 Å². The molecular formula is C14H22N4O2. The van der Waals surface area contributed by atoms with Gasteiger partial charge in [-0.1, -0.05) is 0 Å². The van der Waals surface area contributed by atoms with Crippen LogP contribution >= 0.6 is 0 Å². The number of piperidine rings is 1. The number of ether oxygens (including phenoxy) is 1. The summed E-state index contributed by atoms with van der Waals surface area (Å²) in [5.41, 5.74) is 6.46. The first-order valence-electron chi connectivity index (χ1n) is 6.97. The topological polar surface area (TPSA) is 80.5 Å². The molecule has 6 heteroatoms. The van der Waals surface area contributed by atoms with Crippen LogP contribution in [0.2, 0.25) is 0 Å². The molecule has 3 N–H and O–H groups in total. The summed E-state index contributed by atoms with van der Waals surface area (Å²) < 4.78 is 5.14. The number of carbonyl (C=O) groups is 1. The van der Waals surface area contributed by atoms with Crippen molar-refractivity contribution >= 4 is 11.6 Å². The van der Waals surface area contributed by atoms with E-state index >= 15 is 0 Å². The Hall–Kier alpha value is -1.82. The van der Waals surface area contributed by atoms with Gasteiger partial charge in [-0.2, -0.15) is 0 Å². The first kappa shape index (κ1) is 14.6. The predicted octanol–water partition coefficient (Wildman–Crippen LogP) is 0.382. The van der Waals surface area contributed by atoms with Crippen molar-refractivity contribution in [2.24, 2.45) is 11.7 Å². The van der Waals surface area contributed by atoms with Gasteiger partial charge in [0.15, 0.2) is 0 Å². The van der Waals surface area contributed by atoms with Crippen molar-refractivity contribution in [3.8, 4) is 5.88 Å². The van der Waals surface area contributed by atoms with Crippen molar-refractivity contribution in [3.05, 3.63) is 18.3 Å². The highest BCUT2D eigenvalue weighted by molar-refractivity contribution is 5.79. The Labute approximate surface area is 119 Å². The summed E-state index contributed by atoms with van der Waals surface area (Å²) in [6.45, 7) is 2.69. The van der Waals surface area contributed by atoms with Crippen molar-refractivity contribution in [1.29, 1.82) is 0 Å². The monoisotopic (exact) mass is 278 g/mol. The zero-order valence-electron chi connectivity index (χ0n) is 11.8. The number of aromatic nitrogens is 1. The Morgan fingerprint density at radius 3 is 3.25 bits per heavy atom. The van der Waals surface area contributed by atoms with E-state index < -0.39 is 0 Å². The number of nitrogens with zero attached hydrogens (tertiary/aromatic N) is 2. The quantitative estimate of drug-likeness (QED) is 0.814. The third-order valence-corrected chi connectivity index (χ3v) is 3.53. The van der Waals surface area contributed by atoms with Crippen LogP contribution in [0.15, 0.2) is 18.3 Å². The van der Waals surface area contributed by atoms with Gasteiger partial charge in [-0.3, -0.25) is 4.79 Å². The Morgan fingerprint density at radius 2 is 2.50 bits per heavy atom. The summed E-state index contributed by atoms with van der Waals surface area (Å²) in [4.78, 5) is 18.3. The summed E-state index contributed by atoms with van der Waals surface area (Å²) >= 11 is 0. The molecule has 0 aromatic carbocycles. The average molecular weight is 278 g/mol. The molecule has 2 heterocycles. The molecule has 1 amide bonds. The number of amides is 1. The minimum atomic E-state index is 0.0226. The van der Waals surface area contributed by atoms with Crippen molar-refractivity contribution in [2.75, 3.05) is 38.2 Å². The lowest BCUT2D eigenvalue weighted by Gasteiger charge is -2.33. The van der Waals surface area contributed by atoms with E-state index in [4.69, 9.17) is 10.5 Å². The molecule has 1 aromatic rings. The number of rotatable bonds is 5. The second-order valence-electron chi connectivity index (χ2n) is 4.92. The first-order valence-corrected chi connectivity index (χ1v) is 6.97. The van der Waals surface area contributed by atoms with E-state index in [1.54, 1.807) is 13.3 Å². The maximum absolute atomic E-state index is 12.0. The van der Waals surface area contributed by atoms with Crippen LogP contribution in [0.5, 0.6) is 5.88 Å². The average Bonchev–Trinajstić information content (AvgIpc) is 2.52. The number of carbonyl (C=O) groups excluding carboxylic acids is 1. The van der Waals surface area contributed by atoms with E-state index in [1.807, 2.05) is 12.1 Å². The van der Waals surface area contributed by atoms with Gasteiger partial charge in [0.2, 0.25) is 11.8 Å². The van der Waals surface area contributed by atoms with Crippen molar-refractivity contribution in [3.63, 3.8) is 0 Å². The number of nitrogens with one attached hydrogen (secondary N) is 1. The molecule has 1 fully saturated rings. The molecule has 0 radical (unpaired) electrons. The molecule has 6 nitrogen and oxygen atoms in total. The number of methoxy groups -OCH3 is 1. The standard InChI is InChI=1S/C14H22N4O2/c1-20-13-9-12(4-6-16-13)18-8-2-3-11(10-18)14(19)17-7-5-15/h4,6,9,11H,2-3,5,7-8,10,15H2,1H3,(H,17,19). The van der Waals surface area contributed by atoms with E-state index in [0.29, 0.717) is 19.0 Å². The lowest BCUT2D eigenvalue weighted by Crippen LogP contribution is -2.44. The minimum absolute atomic E-state index is 0.0226. The maximum Gasteiger partial charge on any atom is 0.224 e. The summed E-state index contributed by atoms with van der Waals surface area (Å²) in [5, 5.41) is 2.87. The van der Waals surface area contributed by atoms with Gasteiger partial charge in [0.25, 0.3) is 0 Å². The molecule has 20 heavy (non-hydrogen) atoms. The predicted molar refractivity (Wildman–Crippen MR) is 77.8 cm³/mol. The van der Waals surface area contributed by atoms with E-state index in [2.05, 4.69) is 15.2 Å². The van der Waals surface area contributed by atoms with Gasteiger partial charge in [0, 0.05) is 44.1 Å². The highest BCUT2D eigenvalue weighted by atomic mass is 16.5. The zero-order chi connectivity index (χ0) is 14.4. The van der Waals surface area contributed by atoms with Crippen LogP contribution in [0.3, 0.4) is 0 Å². The molecule has 1 aromatic heterocycles. The summed E-state index contributed by atoms with van der Waals surface area (Å²) in [6.07, 6.45) is 3.66. The van der Waals surface area contributed by atoms with Crippen molar-refractivity contribution in [1.82, 2.24) is 10.3 Å². The number of anilines is 1. The highest BCUT2D eigenvalue weighted by Crippen LogP contribution is 2.25. The minimum Gasteiger partial charge on any atom is -0.481 e. The van der Waals surface area contributed by atoms with Crippen LogP contribution in [-0.4, -0.2) is 44.2 Å². The van der Waals surface area contributed by atoms with Gasteiger partial charge in [0.05, 0.1) is 13.0 Å². The smallest absolute Gasteiger partial charge is 0.224 e. The molecule has 1 atom stereocenters. The highest BCUT2D eigenvalue weighted by Gasteiger charge is 2.25. The second kappa shape index (κ2) is 7.09. The molecule has 2 rings (SSSR count). The lowest BCUT2D eigenvalue weighted by molar-refractivity contribution is -0.125. The Balaban J connectivity index is 2.00. The first-order chi connectivity index (χ1) is 9.74. The van der Waals surface area contributed by atoms with Crippen LogP contribution in [0.4, 0.5) is 5.69 Å². The van der Waals surface area contributed by atoms with E-state index in [0.717, 1.165) is 31.6 Å². The van der Waals surface area contributed by atoms with Crippen LogP contribution in [0, 0.1) is 5.92 Å². The molecule has 0 aliphatic carbocycles. The maximum atomic E-state index is 12.0. The van der Waals surface area contributed by atoms with Crippen LogP contribution in [0.1, 0.15) is 12.8 Å². The largest absolute Gasteiger partial charge is 0.481 e. The number of nitrogens with two attached hydrogens (primary N) is 1. The number of hydrogen-bond donors (Lipinski definition) is 2. The molecule has 1 unspecified atom stereocenters. The molecule has 1 aliphatic rings. The second-order valence-corrected chi connectivity index (χ2v) is 4.92. The summed E-state index contributed by atoms with van der Waals surface area (Å²) in [7, 11) is 1.60. The van der Waals surface area contributed by atoms with Gasteiger partial charge in [-0.05, 0) is 18.9 Å². The van der Waals surface area contributed by atoms with Gasteiger partial charge >= 0.3 is 0 Å². The molecule has 1 saturated heterocycles. The molecule has 1 aliphatic heterocycles. The molecule has 0 bridgehead atoms. The van der Waals surface area contributed by atoms with Crippen LogP contribution in [-0.2, 0) is 4.79 Å². The van der Waals surface area contributed by atoms with Gasteiger partial charge in [-0.25, -0.2) is 4.98 Å². The summed E-state index contributed by atoms with van der Waals surface area (Å²) in [6, 6.07) is 3.85. The Kier molecular flexibility index (Phi) is 5.17. The molecular weight excluding hydrogens is 256 g/mol. The Morgan fingerprint density at radius 1 is 1.65 bits per heavy atom.